The lowest BCUT2D eigenvalue weighted by molar-refractivity contribution is 0.0689. The number of aromatic carboxylic acids is 1. The second-order valence-electron chi connectivity index (χ2n) is 4.75. The van der Waals surface area contributed by atoms with Crippen LogP contribution in [-0.2, 0) is 0 Å². The van der Waals surface area contributed by atoms with E-state index in [1.54, 1.807) is 0 Å². The Balaban J connectivity index is 2.55. The Bertz CT molecular complexity index is 994. The molecular weight excluding hydrogens is 311 g/mol. The van der Waals surface area contributed by atoms with Crippen LogP contribution in [0.2, 0.25) is 0 Å². The van der Waals surface area contributed by atoms with Gasteiger partial charge in [0.2, 0.25) is 11.4 Å². The van der Waals surface area contributed by atoms with Crippen LogP contribution < -0.4 is 5.43 Å². The SMILES string of the molecule is O=C(O)c1c(F)n(-c2ccc(F)cc2)c2cccc(F)c2c1=O. The maximum absolute atomic E-state index is 14.6. The Kier molecular flexibility index (Phi) is 3.40. The van der Waals surface area contributed by atoms with Gasteiger partial charge in [-0.15, -0.1) is 0 Å². The van der Waals surface area contributed by atoms with Crippen molar-refractivity contribution in [1.82, 2.24) is 4.57 Å². The van der Waals surface area contributed by atoms with Gasteiger partial charge < -0.3 is 5.11 Å². The van der Waals surface area contributed by atoms with Crippen LogP contribution in [0.5, 0.6) is 0 Å². The molecule has 0 saturated carbocycles. The number of pyridine rings is 1. The predicted molar refractivity (Wildman–Crippen MR) is 76.4 cm³/mol. The van der Waals surface area contributed by atoms with E-state index in [2.05, 4.69) is 0 Å². The summed E-state index contributed by atoms with van der Waals surface area (Å²) >= 11 is 0. The molecular formula is C16H8F3NO3. The van der Waals surface area contributed by atoms with E-state index in [1.807, 2.05) is 0 Å². The molecule has 116 valence electrons. The highest BCUT2D eigenvalue weighted by atomic mass is 19.1. The van der Waals surface area contributed by atoms with Gasteiger partial charge in [-0.05, 0) is 36.4 Å². The predicted octanol–water partition coefficient (Wildman–Crippen LogP) is 3.11. The van der Waals surface area contributed by atoms with Crippen molar-refractivity contribution in [3.8, 4) is 5.69 Å². The Hall–Kier alpha value is -3.09. The normalized spacial score (nSPS) is 10.9. The molecule has 0 atom stereocenters. The molecule has 3 rings (SSSR count). The van der Waals surface area contributed by atoms with Crippen LogP contribution in [0.15, 0.2) is 47.3 Å². The Morgan fingerprint density at radius 3 is 2.26 bits per heavy atom. The Labute approximate surface area is 127 Å². The number of halogens is 3. The van der Waals surface area contributed by atoms with Gasteiger partial charge in [0.25, 0.3) is 0 Å². The van der Waals surface area contributed by atoms with Gasteiger partial charge in [-0.2, -0.15) is 4.39 Å². The van der Waals surface area contributed by atoms with Crippen LogP contribution in [0.4, 0.5) is 13.2 Å². The average Bonchev–Trinajstić information content (AvgIpc) is 2.48. The third kappa shape index (κ3) is 2.26. The summed E-state index contributed by atoms with van der Waals surface area (Å²) in [6.07, 6.45) is 0. The molecule has 0 spiro atoms. The van der Waals surface area contributed by atoms with Gasteiger partial charge in [0.15, 0.2) is 5.56 Å². The number of aromatic nitrogens is 1. The first kappa shape index (κ1) is 14.8. The smallest absolute Gasteiger partial charge is 0.344 e. The third-order valence-corrected chi connectivity index (χ3v) is 3.39. The van der Waals surface area contributed by atoms with E-state index in [0.29, 0.717) is 0 Å². The van der Waals surface area contributed by atoms with Crippen molar-refractivity contribution in [3.05, 3.63) is 75.8 Å². The molecule has 4 nitrogen and oxygen atoms in total. The molecule has 0 radical (unpaired) electrons. The molecule has 0 saturated heterocycles. The summed E-state index contributed by atoms with van der Waals surface area (Å²) in [6.45, 7) is 0. The highest BCUT2D eigenvalue weighted by Gasteiger charge is 2.24. The molecule has 1 heterocycles. The molecule has 7 heteroatoms. The van der Waals surface area contributed by atoms with Crippen molar-refractivity contribution in [2.45, 2.75) is 0 Å². The molecule has 0 aliphatic heterocycles. The second kappa shape index (κ2) is 5.28. The number of hydrogen-bond donors (Lipinski definition) is 1. The summed E-state index contributed by atoms with van der Waals surface area (Å²) in [6, 6.07) is 7.98. The van der Waals surface area contributed by atoms with E-state index in [-0.39, 0.29) is 11.2 Å². The van der Waals surface area contributed by atoms with Crippen LogP contribution in [0.3, 0.4) is 0 Å². The van der Waals surface area contributed by atoms with Crippen molar-refractivity contribution < 1.29 is 23.1 Å². The van der Waals surface area contributed by atoms with E-state index in [1.165, 1.54) is 24.3 Å². The molecule has 3 aromatic rings. The molecule has 23 heavy (non-hydrogen) atoms. The molecule has 0 aliphatic carbocycles. The lowest BCUT2D eigenvalue weighted by Gasteiger charge is -2.14. The van der Waals surface area contributed by atoms with Crippen molar-refractivity contribution in [3.63, 3.8) is 0 Å². The van der Waals surface area contributed by atoms with Crippen LogP contribution in [0.1, 0.15) is 10.4 Å². The van der Waals surface area contributed by atoms with Gasteiger partial charge in [-0.25, -0.2) is 13.6 Å². The highest BCUT2D eigenvalue weighted by Crippen LogP contribution is 2.23. The van der Waals surface area contributed by atoms with Gasteiger partial charge in [0, 0.05) is 5.69 Å². The molecule has 0 aliphatic rings. The van der Waals surface area contributed by atoms with Gasteiger partial charge >= 0.3 is 5.97 Å². The fraction of sp³-hybridized carbons (Fsp3) is 0. The monoisotopic (exact) mass is 319 g/mol. The zero-order valence-corrected chi connectivity index (χ0v) is 11.4. The number of carbonyl (C=O) groups is 1. The summed E-state index contributed by atoms with van der Waals surface area (Å²) in [5, 5.41) is 8.53. The zero-order valence-electron chi connectivity index (χ0n) is 11.4. The highest BCUT2D eigenvalue weighted by molar-refractivity contribution is 5.93. The first-order chi connectivity index (χ1) is 10.9. The summed E-state index contributed by atoms with van der Waals surface area (Å²) < 4.78 is 42.4. The van der Waals surface area contributed by atoms with Crippen molar-refractivity contribution >= 4 is 16.9 Å². The number of benzene rings is 2. The maximum atomic E-state index is 14.6. The van der Waals surface area contributed by atoms with Crippen molar-refractivity contribution in [2.75, 3.05) is 0 Å². The second-order valence-corrected chi connectivity index (χ2v) is 4.75. The summed E-state index contributed by atoms with van der Waals surface area (Å²) in [5.41, 5.74) is -2.51. The first-order valence-corrected chi connectivity index (χ1v) is 6.44. The number of hydrogen-bond acceptors (Lipinski definition) is 2. The minimum Gasteiger partial charge on any atom is -0.477 e. The zero-order chi connectivity index (χ0) is 16.7. The first-order valence-electron chi connectivity index (χ1n) is 6.44. The maximum Gasteiger partial charge on any atom is 0.344 e. The average molecular weight is 319 g/mol. The van der Waals surface area contributed by atoms with Gasteiger partial charge in [0.1, 0.15) is 11.6 Å². The standard InChI is InChI=1S/C16H8F3NO3/c17-8-4-6-9(7-5-8)20-11-3-1-2-10(18)12(11)14(21)13(15(20)19)16(22)23/h1-7H,(H,22,23). The van der Waals surface area contributed by atoms with E-state index in [9.17, 15) is 22.8 Å². The fourth-order valence-corrected chi connectivity index (χ4v) is 2.39. The summed E-state index contributed by atoms with van der Waals surface area (Å²) in [5.74, 6) is -4.71. The quantitative estimate of drug-likeness (QED) is 0.738. The minimum absolute atomic E-state index is 0.0574. The summed E-state index contributed by atoms with van der Waals surface area (Å²) in [4.78, 5) is 23.3. The minimum atomic E-state index is -1.81. The number of nitrogens with zero attached hydrogens (tertiary/aromatic N) is 1. The topological polar surface area (TPSA) is 59.3 Å². The largest absolute Gasteiger partial charge is 0.477 e. The Morgan fingerprint density at radius 2 is 1.65 bits per heavy atom. The molecule has 2 aromatic carbocycles. The number of fused-ring (bicyclic) bond motifs is 1. The molecule has 1 aromatic heterocycles. The van der Waals surface area contributed by atoms with E-state index >= 15 is 0 Å². The van der Waals surface area contributed by atoms with E-state index in [0.717, 1.165) is 22.8 Å². The third-order valence-electron chi connectivity index (χ3n) is 3.39. The lowest BCUT2D eigenvalue weighted by atomic mass is 10.1. The van der Waals surface area contributed by atoms with Crippen LogP contribution >= 0.6 is 0 Å². The summed E-state index contributed by atoms with van der Waals surface area (Å²) in [7, 11) is 0. The van der Waals surface area contributed by atoms with Gasteiger partial charge in [0.05, 0.1) is 10.9 Å². The molecule has 0 amide bonds. The Morgan fingerprint density at radius 1 is 1.00 bits per heavy atom. The van der Waals surface area contributed by atoms with Crippen LogP contribution in [0.25, 0.3) is 16.6 Å². The molecule has 0 unspecified atom stereocenters. The number of carboxylic acids is 1. The molecule has 1 N–H and O–H groups in total. The molecule has 0 fully saturated rings. The van der Waals surface area contributed by atoms with Crippen molar-refractivity contribution in [2.24, 2.45) is 0 Å². The van der Waals surface area contributed by atoms with Gasteiger partial charge in [-0.1, -0.05) is 6.07 Å². The lowest BCUT2D eigenvalue weighted by Crippen LogP contribution is -2.23. The van der Waals surface area contributed by atoms with Crippen molar-refractivity contribution in [1.29, 1.82) is 0 Å². The van der Waals surface area contributed by atoms with Gasteiger partial charge in [-0.3, -0.25) is 9.36 Å². The molecule has 0 bridgehead atoms. The van der Waals surface area contributed by atoms with Crippen LogP contribution in [-0.4, -0.2) is 15.6 Å². The number of rotatable bonds is 2. The fourth-order valence-electron chi connectivity index (χ4n) is 2.39. The van der Waals surface area contributed by atoms with Crippen LogP contribution in [0, 0.1) is 17.6 Å². The van der Waals surface area contributed by atoms with E-state index in [4.69, 9.17) is 5.11 Å². The van der Waals surface area contributed by atoms with E-state index < -0.39 is 39.9 Å². The number of carboxylic acid groups (broad SMARTS) is 1.